The lowest BCUT2D eigenvalue weighted by Gasteiger charge is -2.05. The molecule has 3 N–H and O–H groups in total. The molecule has 0 saturated carbocycles. The lowest BCUT2D eigenvalue weighted by atomic mass is 10.3. The highest BCUT2D eigenvalue weighted by Crippen LogP contribution is 2.31. The maximum Gasteiger partial charge on any atom is 0.291 e. The Balaban J connectivity index is 1.76. The van der Waals surface area contributed by atoms with Crippen LogP contribution in [0.4, 0.5) is 0 Å². The largest absolute Gasteiger partial charge is 0.405 e. The summed E-state index contributed by atoms with van der Waals surface area (Å²) in [6.45, 7) is 0.171. The Morgan fingerprint density at radius 2 is 2.24 bits per heavy atom. The second-order valence-corrected chi connectivity index (χ2v) is 7.46. The Hall–Kier alpha value is -3.84. The van der Waals surface area contributed by atoms with Gasteiger partial charge in [0.25, 0.3) is 5.56 Å². The first kappa shape index (κ1) is 18.5. The summed E-state index contributed by atoms with van der Waals surface area (Å²) in [4.78, 5) is 21.8. The molecule has 0 atom stereocenters. The van der Waals surface area contributed by atoms with Gasteiger partial charge in [-0.05, 0) is 24.4 Å². The topological polar surface area (TPSA) is 139 Å². The third-order valence-electron chi connectivity index (χ3n) is 4.44. The molecule has 0 saturated heterocycles. The number of aryl methyl sites for hydroxylation is 1. The molecule has 0 amide bonds. The number of nitrogens with two attached hydrogens (primary N) is 1. The van der Waals surface area contributed by atoms with Gasteiger partial charge in [-0.1, -0.05) is 6.07 Å². The van der Waals surface area contributed by atoms with Gasteiger partial charge in [0.2, 0.25) is 0 Å². The number of allylic oxidation sites excluding steroid dienone is 1. The SMILES string of the molecule is Cn1c2nc(CC(=N)/C=C\N)sc2c2cnn(Cc3cccc(C#N)n3)c(=O)c21. The average molecular weight is 404 g/mol. The smallest absolute Gasteiger partial charge is 0.291 e. The second kappa shape index (κ2) is 7.29. The molecule has 10 heteroatoms. The normalized spacial score (nSPS) is 11.4. The fourth-order valence-corrected chi connectivity index (χ4v) is 4.27. The van der Waals surface area contributed by atoms with E-state index in [9.17, 15) is 4.79 Å². The third-order valence-corrected chi connectivity index (χ3v) is 5.52. The van der Waals surface area contributed by atoms with Crippen LogP contribution in [0.1, 0.15) is 16.4 Å². The van der Waals surface area contributed by atoms with Crippen molar-refractivity contribution in [2.24, 2.45) is 12.8 Å². The molecule has 0 spiro atoms. The molecule has 9 nitrogen and oxygen atoms in total. The molecule has 0 aromatic carbocycles. The number of pyridine rings is 1. The minimum Gasteiger partial charge on any atom is -0.405 e. The van der Waals surface area contributed by atoms with Gasteiger partial charge in [-0.2, -0.15) is 10.4 Å². The van der Waals surface area contributed by atoms with E-state index in [0.717, 1.165) is 15.1 Å². The number of thiazole rings is 1. The van der Waals surface area contributed by atoms with Gasteiger partial charge in [-0.15, -0.1) is 11.3 Å². The van der Waals surface area contributed by atoms with Crippen molar-refractivity contribution in [1.82, 2.24) is 24.3 Å². The van der Waals surface area contributed by atoms with E-state index in [0.29, 0.717) is 34.7 Å². The molecule has 4 aromatic rings. The Bertz CT molecular complexity index is 1390. The second-order valence-electron chi connectivity index (χ2n) is 6.38. The van der Waals surface area contributed by atoms with Crippen molar-refractivity contribution in [3.63, 3.8) is 0 Å². The van der Waals surface area contributed by atoms with Crippen molar-refractivity contribution in [2.45, 2.75) is 13.0 Å². The Morgan fingerprint density at radius 3 is 3.00 bits per heavy atom. The molecular formula is C19H16N8OS. The Labute approximate surface area is 168 Å². The molecule has 0 aliphatic heterocycles. The zero-order valence-corrected chi connectivity index (χ0v) is 16.3. The van der Waals surface area contributed by atoms with Gasteiger partial charge < -0.3 is 15.7 Å². The van der Waals surface area contributed by atoms with Crippen LogP contribution in [0, 0.1) is 16.7 Å². The van der Waals surface area contributed by atoms with Gasteiger partial charge in [-0.25, -0.2) is 14.6 Å². The van der Waals surface area contributed by atoms with Crippen molar-refractivity contribution in [3.05, 3.63) is 63.4 Å². The van der Waals surface area contributed by atoms with E-state index in [4.69, 9.17) is 16.4 Å². The monoisotopic (exact) mass is 404 g/mol. The van der Waals surface area contributed by atoms with Crippen LogP contribution in [0.3, 0.4) is 0 Å². The van der Waals surface area contributed by atoms with E-state index in [2.05, 4.69) is 15.1 Å². The molecular weight excluding hydrogens is 388 g/mol. The van der Waals surface area contributed by atoms with E-state index >= 15 is 0 Å². The lowest BCUT2D eigenvalue weighted by Crippen LogP contribution is -2.25. The van der Waals surface area contributed by atoms with Crippen LogP contribution in [0.5, 0.6) is 0 Å². The van der Waals surface area contributed by atoms with Gasteiger partial charge >= 0.3 is 0 Å². The number of nitriles is 1. The van der Waals surface area contributed by atoms with Crippen molar-refractivity contribution in [2.75, 3.05) is 0 Å². The zero-order valence-electron chi connectivity index (χ0n) is 15.5. The first-order valence-electron chi connectivity index (χ1n) is 8.67. The van der Waals surface area contributed by atoms with Crippen LogP contribution in [0.2, 0.25) is 0 Å². The summed E-state index contributed by atoms with van der Waals surface area (Å²) in [6.07, 6.45) is 4.89. The number of nitrogens with one attached hydrogen (secondary N) is 1. The first-order valence-corrected chi connectivity index (χ1v) is 9.49. The fraction of sp³-hybridized carbons (Fsp3) is 0.158. The summed E-state index contributed by atoms with van der Waals surface area (Å²) >= 11 is 1.44. The maximum absolute atomic E-state index is 13.0. The van der Waals surface area contributed by atoms with Crippen molar-refractivity contribution >= 4 is 38.3 Å². The van der Waals surface area contributed by atoms with E-state index in [-0.39, 0.29) is 12.1 Å². The number of aromatic nitrogens is 5. The molecule has 4 heterocycles. The van der Waals surface area contributed by atoms with Crippen molar-refractivity contribution in [3.8, 4) is 6.07 Å². The predicted molar refractivity (Wildman–Crippen MR) is 111 cm³/mol. The van der Waals surface area contributed by atoms with Crippen LogP contribution in [0.25, 0.3) is 21.3 Å². The molecule has 0 unspecified atom stereocenters. The molecule has 0 aliphatic carbocycles. The summed E-state index contributed by atoms with van der Waals surface area (Å²) in [5, 5.41) is 22.7. The van der Waals surface area contributed by atoms with E-state index in [1.165, 1.54) is 28.3 Å². The first-order chi connectivity index (χ1) is 14.0. The molecule has 0 bridgehead atoms. The summed E-state index contributed by atoms with van der Waals surface area (Å²) in [5.74, 6) is 0. The summed E-state index contributed by atoms with van der Waals surface area (Å²) in [5.41, 5.74) is 7.52. The molecule has 144 valence electrons. The highest BCUT2D eigenvalue weighted by Gasteiger charge is 2.18. The summed E-state index contributed by atoms with van der Waals surface area (Å²) in [6, 6.07) is 7.08. The van der Waals surface area contributed by atoms with Crippen LogP contribution in [-0.4, -0.2) is 30.0 Å². The number of nitrogens with zero attached hydrogens (tertiary/aromatic N) is 6. The average Bonchev–Trinajstić information content (AvgIpc) is 3.23. The van der Waals surface area contributed by atoms with E-state index in [1.807, 2.05) is 6.07 Å². The van der Waals surface area contributed by atoms with Crippen LogP contribution >= 0.6 is 11.3 Å². The van der Waals surface area contributed by atoms with Gasteiger partial charge in [0.15, 0.2) is 5.65 Å². The predicted octanol–water partition coefficient (Wildman–Crippen LogP) is 1.69. The molecule has 29 heavy (non-hydrogen) atoms. The van der Waals surface area contributed by atoms with Gasteiger partial charge in [0.1, 0.15) is 22.3 Å². The van der Waals surface area contributed by atoms with E-state index < -0.39 is 0 Å². The number of hydrogen-bond donors (Lipinski definition) is 2. The van der Waals surface area contributed by atoms with Gasteiger partial charge in [0.05, 0.1) is 23.1 Å². The standard InChI is InChI=1S/C19H16N8OS/c1-26-16-14(17-18(26)25-15(29-17)7-11(22)5-6-20)9-23-27(19(16)28)10-13-4-2-3-12(8-21)24-13/h2-6,9,22H,7,10,20H2,1H3/b6-5-,22-11?. The van der Waals surface area contributed by atoms with Crippen LogP contribution in [0.15, 0.2) is 41.5 Å². The summed E-state index contributed by atoms with van der Waals surface area (Å²) in [7, 11) is 1.79. The van der Waals surface area contributed by atoms with E-state index in [1.54, 1.807) is 36.0 Å². The summed E-state index contributed by atoms with van der Waals surface area (Å²) < 4.78 is 3.95. The molecule has 0 radical (unpaired) electrons. The number of fused-ring (bicyclic) bond motifs is 3. The quantitative estimate of drug-likeness (QED) is 0.485. The Kier molecular flexibility index (Phi) is 4.66. The maximum atomic E-state index is 13.0. The minimum atomic E-state index is -0.250. The highest BCUT2D eigenvalue weighted by molar-refractivity contribution is 7.19. The highest BCUT2D eigenvalue weighted by atomic mass is 32.1. The lowest BCUT2D eigenvalue weighted by molar-refractivity contribution is 0.632. The Morgan fingerprint density at radius 1 is 1.41 bits per heavy atom. The van der Waals surface area contributed by atoms with Crippen LogP contribution < -0.4 is 11.3 Å². The molecule has 0 fully saturated rings. The fourth-order valence-electron chi connectivity index (χ4n) is 3.14. The number of hydrogen-bond acceptors (Lipinski definition) is 8. The zero-order chi connectivity index (χ0) is 20.5. The van der Waals surface area contributed by atoms with Crippen molar-refractivity contribution < 1.29 is 0 Å². The molecule has 4 rings (SSSR count). The molecule has 0 aliphatic rings. The van der Waals surface area contributed by atoms with Crippen molar-refractivity contribution in [1.29, 1.82) is 10.7 Å². The molecule has 4 aromatic heterocycles. The number of rotatable bonds is 5. The third kappa shape index (κ3) is 3.28. The van der Waals surface area contributed by atoms with Crippen LogP contribution in [-0.2, 0) is 20.0 Å². The van der Waals surface area contributed by atoms with Gasteiger partial charge in [0, 0.05) is 24.6 Å². The minimum absolute atomic E-state index is 0.171. The van der Waals surface area contributed by atoms with Gasteiger partial charge in [-0.3, -0.25) is 4.79 Å².